The number of benzene rings is 1. The number of hydrogen-bond donors (Lipinski definition) is 3. The number of rotatable bonds is 7. The van der Waals surface area contributed by atoms with Crippen LogP contribution in [-0.4, -0.2) is 32.7 Å². The Kier molecular flexibility index (Phi) is 5.96. The van der Waals surface area contributed by atoms with Crippen molar-refractivity contribution in [2.75, 3.05) is 31.8 Å². The van der Waals surface area contributed by atoms with E-state index in [2.05, 4.69) is 10.6 Å². The molecule has 0 atom stereocenters. The van der Waals surface area contributed by atoms with Gasteiger partial charge in [0.2, 0.25) is 5.91 Å². The van der Waals surface area contributed by atoms with Crippen LogP contribution in [0.25, 0.3) is 0 Å². The van der Waals surface area contributed by atoms with Gasteiger partial charge in [0.25, 0.3) is 0 Å². The molecule has 0 spiro atoms. The standard InChI is InChI=1S/C14H23N3O3/c1-9(2)17-14(18)5-6-16-11-8-13(20-4)12(19-3)7-10(11)15/h7-9,16H,5-6,15H2,1-4H3,(H,17,18). The van der Waals surface area contributed by atoms with Crippen molar-refractivity contribution in [3.05, 3.63) is 12.1 Å². The minimum atomic E-state index is 0.00606. The highest BCUT2D eigenvalue weighted by Gasteiger charge is 2.09. The number of nitrogens with one attached hydrogen (secondary N) is 2. The fourth-order valence-corrected chi connectivity index (χ4v) is 1.75. The lowest BCUT2D eigenvalue weighted by Gasteiger charge is -2.14. The number of amides is 1. The van der Waals surface area contributed by atoms with Gasteiger partial charge in [0.15, 0.2) is 11.5 Å². The summed E-state index contributed by atoms with van der Waals surface area (Å²) in [6, 6.07) is 3.60. The van der Waals surface area contributed by atoms with Crippen molar-refractivity contribution in [2.24, 2.45) is 0 Å². The molecule has 6 heteroatoms. The minimum Gasteiger partial charge on any atom is -0.493 e. The molecule has 0 fully saturated rings. The maximum atomic E-state index is 11.5. The summed E-state index contributed by atoms with van der Waals surface area (Å²) in [6.07, 6.45) is 0.381. The molecule has 112 valence electrons. The average molecular weight is 281 g/mol. The Labute approximate surface area is 119 Å². The monoisotopic (exact) mass is 281 g/mol. The fraction of sp³-hybridized carbons (Fsp3) is 0.500. The number of methoxy groups -OCH3 is 2. The zero-order chi connectivity index (χ0) is 15.1. The predicted molar refractivity (Wildman–Crippen MR) is 80.3 cm³/mol. The van der Waals surface area contributed by atoms with Crippen molar-refractivity contribution in [1.29, 1.82) is 0 Å². The van der Waals surface area contributed by atoms with E-state index in [0.717, 1.165) is 5.69 Å². The first kappa shape index (κ1) is 15.9. The number of carbonyl (C=O) groups excluding carboxylic acids is 1. The van der Waals surface area contributed by atoms with Crippen LogP contribution in [0.2, 0.25) is 0 Å². The summed E-state index contributed by atoms with van der Waals surface area (Å²) in [6.45, 7) is 4.35. The quantitative estimate of drug-likeness (QED) is 0.661. The molecule has 6 nitrogen and oxygen atoms in total. The first-order valence-corrected chi connectivity index (χ1v) is 6.52. The summed E-state index contributed by atoms with van der Waals surface area (Å²) in [4.78, 5) is 11.5. The van der Waals surface area contributed by atoms with Crippen LogP contribution in [0.5, 0.6) is 11.5 Å². The van der Waals surface area contributed by atoms with E-state index >= 15 is 0 Å². The summed E-state index contributed by atoms with van der Waals surface area (Å²) in [5.41, 5.74) is 7.19. The van der Waals surface area contributed by atoms with Gasteiger partial charge >= 0.3 is 0 Å². The maximum absolute atomic E-state index is 11.5. The highest BCUT2D eigenvalue weighted by atomic mass is 16.5. The second kappa shape index (κ2) is 7.47. The summed E-state index contributed by atoms with van der Waals surface area (Å²) in [7, 11) is 3.12. The predicted octanol–water partition coefficient (Wildman–Crippen LogP) is 1.61. The third-order valence-corrected chi connectivity index (χ3v) is 2.67. The maximum Gasteiger partial charge on any atom is 0.221 e. The van der Waals surface area contributed by atoms with E-state index in [4.69, 9.17) is 15.2 Å². The number of carbonyl (C=O) groups is 1. The largest absolute Gasteiger partial charge is 0.493 e. The summed E-state index contributed by atoms with van der Waals surface area (Å²) in [5, 5.41) is 5.95. The van der Waals surface area contributed by atoms with E-state index < -0.39 is 0 Å². The van der Waals surface area contributed by atoms with E-state index in [-0.39, 0.29) is 11.9 Å². The van der Waals surface area contributed by atoms with Gasteiger partial charge in [-0.2, -0.15) is 0 Å². The van der Waals surface area contributed by atoms with Crippen molar-refractivity contribution in [3.8, 4) is 11.5 Å². The third kappa shape index (κ3) is 4.53. The van der Waals surface area contributed by atoms with Gasteiger partial charge in [-0.1, -0.05) is 0 Å². The molecule has 0 radical (unpaired) electrons. The van der Waals surface area contributed by atoms with Gasteiger partial charge in [-0.05, 0) is 13.8 Å². The SMILES string of the molecule is COc1cc(N)c(NCCC(=O)NC(C)C)cc1OC. The molecule has 0 saturated carbocycles. The molecular weight excluding hydrogens is 258 g/mol. The first-order valence-electron chi connectivity index (χ1n) is 6.52. The van der Waals surface area contributed by atoms with Gasteiger partial charge in [0.05, 0.1) is 25.6 Å². The number of nitrogen functional groups attached to an aromatic ring is 1. The number of anilines is 2. The molecule has 1 aromatic carbocycles. The topological polar surface area (TPSA) is 85.6 Å². The molecule has 1 rings (SSSR count). The van der Waals surface area contributed by atoms with Crippen molar-refractivity contribution in [2.45, 2.75) is 26.3 Å². The highest BCUT2D eigenvalue weighted by molar-refractivity contribution is 5.77. The third-order valence-electron chi connectivity index (χ3n) is 2.67. The lowest BCUT2D eigenvalue weighted by molar-refractivity contribution is -0.121. The van der Waals surface area contributed by atoms with Gasteiger partial charge < -0.3 is 25.8 Å². The van der Waals surface area contributed by atoms with Crippen molar-refractivity contribution in [3.63, 3.8) is 0 Å². The van der Waals surface area contributed by atoms with Crippen LogP contribution in [0.1, 0.15) is 20.3 Å². The molecule has 20 heavy (non-hydrogen) atoms. The van der Waals surface area contributed by atoms with Crippen LogP contribution in [0, 0.1) is 0 Å². The van der Waals surface area contributed by atoms with E-state index in [1.165, 1.54) is 0 Å². The Morgan fingerprint density at radius 1 is 1.25 bits per heavy atom. The Morgan fingerprint density at radius 3 is 2.40 bits per heavy atom. The van der Waals surface area contributed by atoms with Crippen molar-refractivity contribution < 1.29 is 14.3 Å². The van der Waals surface area contributed by atoms with Gasteiger partial charge in [-0.15, -0.1) is 0 Å². The van der Waals surface area contributed by atoms with Crippen LogP contribution in [0.15, 0.2) is 12.1 Å². The molecular formula is C14H23N3O3. The molecule has 0 aliphatic rings. The number of hydrogen-bond acceptors (Lipinski definition) is 5. The number of nitrogens with two attached hydrogens (primary N) is 1. The van der Waals surface area contributed by atoms with E-state index in [1.807, 2.05) is 13.8 Å². The van der Waals surface area contributed by atoms with Crippen LogP contribution in [0.3, 0.4) is 0 Å². The molecule has 0 aromatic heterocycles. The van der Waals surface area contributed by atoms with Crippen LogP contribution >= 0.6 is 0 Å². The zero-order valence-corrected chi connectivity index (χ0v) is 12.4. The molecule has 0 aliphatic heterocycles. The van der Waals surface area contributed by atoms with Crippen LogP contribution in [-0.2, 0) is 4.79 Å². The van der Waals surface area contributed by atoms with Crippen molar-refractivity contribution in [1.82, 2.24) is 5.32 Å². The summed E-state index contributed by atoms with van der Waals surface area (Å²) in [5.74, 6) is 1.18. The molecule has 1 aromatic rings. The Hall–Kier alpha value is -2.11. The molecule has 0 heterocycles. The second-order valence-electron chi connectivity index (χ2n) is 4.69. The van der Waals surface area contributed by atoms with Gasteiger partial charge in [0, 0.05) is 31.1 Å². The summed E-state index contributed by atoms with van der Waals surface area (Å²) < 4.78 is 10.4. The lowest BCUT2D eigenvalue weighted by atomic mass is 10.2. The van der Waals surface area contributed by atoms with Crippen molar-refractivity contribution >= 4 is 17.3 Å². The van der Waals surface area contributed by atoms with Crippen LogP contribution < -0.4 is 25.8 Å². The molecule has 4 N–H and O–H groups in total. The zero-order valence-electron chi connectivity index (χ0n) is 12.4. The lowest BCUT2D eigenvalue weighted by Crippen LogP contribution is -2.31. The minimum absolute atomic E-state index is 0.00606. The fourth-order valence-electron chi connectivity index (χ4n) is 1.75. The van der Waals surface area contributed by atoms with Crippen LogP contribution in [0.4, 0.5) is 11.4 Å². The molecule has 0 unspecified atom stereocenters. The highest BCUT2D eigenvalue weighted by Crippen LogP contribution is 2.34. The Morgan fingerprint density at radius 2 is 1.85 bits per heavy atom. The second-order valence-corrected chi connectivity index (χ2v) is 4.69. The molecule has 1 amide bonds. The smallest absolute Gasteiger partial charge is 0.221 e. The van der Waals surface area contributed by atoms with E-state index in [9.17, 15) is 4.79 Å². The van der Waals surface area contributed by atoms with E-state index in [1.54, 1.807) is 26.4 Å². The summed E-state index contributed by atoms with van der Waals surface area (Å²) >= 11 is 0. The first-order chi connectivity index (χ1) is 9.47. The van der Waals surface area contributed by atoms with Gasteiger partial charge in [-0.3, -0.25) is 4.79 Å². The van der Waals surface area contributed by atoms with Gasteiger partial charge in [-0.25, -0.2) is 0 Å². The molecule has 0 aliphatic carbocycles. The molecule has 0 saturated heterocycles. The average Bonchev–Trinajstić information content (AvgIpc) is 2.39. The Balaban J connectivity index is 2.62. The number of ether oxygens (including phenoxy) is 2. The Bertz CT molecular complexity index is 461. The molecule has 0 bridgehead atoms. The van der Waals surface area contributed by atoms with Gasteiger partial charge in [0.1, 0.15) is 0 Å². The normalized spacial score (nSPS) is 10.2. The van der Waals surface area contributed by atoms with E-state index in [0.29, 0.717) is 30.2 Å².